The van der Waals surface area contributed by atoms with Crippen LogP contribution in [0.3, 0.4) is 0 Å². The summed E-state index contributed by atoms with van der Waals surface area (Å²) in [7, 11) is 1.36. The fourth-order valence-electron chi connectivity index (χ4n) is 0.843. The molecular weight excluding hydrogens is 279 g/mol. The quantitative estimate of drug-likeness (QED) is 0.475. The summed E-state index contributed by atoms with van der Waals surface area (Å²) in [6.45, 7) is 0. The van der Waals surface area contributed by atoms with Gasteiger partial charge in [0.15, 0.2) is 0 Å². The molecular formula is C10H9IO2. The lowest BCUT2D eigenvalue weighted by Crippen LogP contribution is -1.93. The number of halogens is 1. The molecule has 0 aliphatic carbocycles. The molecule has 1 aromatic carbocycles. The normalized spacial score (nSPS) is 10.3. The second-order valence-corrected chi connectivity index (χ2v) is 3.66. The van der Waals surface area contributed by atoms with Crippen LogP contribution in [0.1, 0.15) is 5.56 Å². The maximum absolute atomic E-state index is 10.8. The van der Waals surface area contributed by atoms with Gasteiger partial charge < -0.3 is 4.74 Å². The predicted molar refractivity (Wildman–Crippen MR) is 60.2 cm³/mol. The lowest BCUT2D eigenvalue weighted by molar-refractivity contribution is -0.134. The first kappa shape index (κ1) is 10.2. The van der Waals surface area contributed by atoms with Crippen molar-refractivity contribution >= 4 is 34.6 Å². The molecule has 1 aromatic rings. The molecule has 2 nitrogen and oxygen atoms in total. The van der Waals surface area contributed by atoms with Crippen LogP contribution < -0.4 is 0 Å². The van der Waals surface area contributed by atoms with E-state index in [1.54, 1.807) is 6.08 Å². The number of rotatable bonds is 2. The first-order chi connectivity index (χ1) is 6.22. The average molecular weight is 288 g/mol. The van der Waals surface area contributed by atoms with E-state index in [0.29, 0.717) is 0 Å². The average Bonchev–Trinajstić information content (AvgIpc) is 2.14. The molecule has 0 fully saturated rings. The Morgan fingerprint density at radius 1 is 1.54 bits per heavy atom. The summed E-state index contributed by atoms with van der Waals surface area (Å²) >= 11 is 2.22. The minimum absolute atomic E-state index is 0.334. The van der Waals surface area contributed by atoms with Crippen LogP contribution in [0.5, 0.6) is 0 Å². The van der Waals surface area contributed by atoms with E-state index < -0.39 is 0 Å². The van der Waals surface area contributed by atoms with E-state index in [2.05, 4.69) is 27.3 Å². The number of ether oxygens (including phenoxy) is 1. The van der Waals surface area contributed by atoms with Gasteiger partial charge in [-0.05, 0) is 46.4 Å². The van der Waals surface area contributed by atoms with E-state index in [1.807, 2.05) is 24.3 Å². The molecule has 0 aliphatic rings. The van der Waals surface area contributed by atoms with Crippen molar-refractivity contribution in [3.05, 3.63) is 39.5 Å². The monoisotopic (exact) mass is 288 g/mol. The molecule has 0 amide bonds. The first-order valence-corrected chi connectivity index (χ1v) is 4.82. The Labute approximate surface area is 90.7 Å². The molecule has 0 aliphatic heterocycles. The summed E-state index contributed by atoms with van der Waals surface area (Å²) in [4.78, 5) is 10.8. The summed E-state index contributed by atoms with van der Waals surface area (Å²) in [6.07, 6.45) is 3.14. The number of methoxy groups -OCH3 is 1. The zero-order chi connectivity index (χ0) is 9.68. The number of esters is 1. The van der Waals surface area contributed by atoms with Gasteiger partial charge in [0, 0.05) is 9.65 Å². The fraction of sp³-hybridized carbons (Fsp3) is 0.100. The highest BCUT2D eigenvalue weighted by Gasteiger charge is 1.92. The van der Waals surface area contributed by atoms with Crippen molar-refractivity contribution in [3.63, 3.8) is 0 Å². The van der Waals surface area contributed by atoms with Gasteiger partial charge in [0.05, 0.1) is 7.11 Å². The van der Waals surface area contributed by atoms with Crippen molar-refractivity contribution in [1.29, 1.82) is 0 Å². The molecule has 0 aromatic heterocycles. The van der Waals surface area contributed by atoms with Crippen LogP contribution in [0, 0.1) is 3.57 Å². The molecule has 0 saturated heterocycles. The van der Waals surface area contributed by atoms with E-state index >= 15 is 0 Å². The highest BCUT2D eigenvalue weighted by atomic mass is 127. The van der Waals surface area contributed by atoms with Crippen LogP contribution in [-0.2, 0) is 9.53 Å². The molecule has 0 spiro atoms. The Bertz CT molecular complexity index is 331. The summed E-state index contributed by atoms with van der Waals surface area (Å²) < 4.78 is 5.62. The van der Waals surface area contributed by atoms with Gasteiger partial charge in [0.2, 0.25) is 0 Å². The minimum Gasteiger partial charge on any atom is -0.466 e. The Morgan fingerprint density at radius 2 is 2.31 bits per heavy atom. The molecule has 0 saturated carbocycles. The molecule has 0 atom stereocenters. The van der Waals surface area contributed by atoms with Crippen molar-refractivity contribution in [2.45, 2.75) is 0 Å². The van der Waals surface area contributed by atoms with Crippen LogP contribution in [-0.4, -0.2) is 13.1 Å². The molecule has 13 heavy (non-hydrogen) atoms. The topological polar surface area (TPSA) is 26.3 Å². The van der Waals surface area contributed by atoms with Crippen molar-refractivity contribution < 1.29 is 9.53 Å². The van der Waals surface area contributed by atoms with Crippen LogP contribution in [0.15, 0.2) is 30.3 Å². The zero-order valence-corrected chi connectivity index (χ0v) is 9.32. The lowest BCUT2D eigenvalue weighted by atomic mass is 10.2. The first-order valence-electron chi connectivity index (χ1n) is 3.74. The SMILES string of the molecule is COC(=O)/C=C/c1cccc(I)c1. The Balaban J connectivity index is 2.74. The lowest BCUT2D eigenvalue weighted by Gasteiger charge is -1.93. The maximum atomic E-state index is 10.8. The number of carbonyl (C=O) groups is 1. The van der Waals surface area contributed by atoms with Crippen molar-refractivity contribution in [3.8, 4) is 0 Å². The van der Waals surface area contributed by atoms with Crippen LogP contribution in [0.2, 0.25) is 0 Å². The van der Waals surface area contributed by atoms with Gasteiger partial charge >= 0.3 is 5.97 Å². The van der Waals surface area contributed by atoms with Crippen LogP contribution in [0.25, 0.3) is 6.08 Å². The van der Waals surface area contributed by atoms with Gasteiger partial charge in [-0.15, -0.1) is 0 Å². The summed E-state index contributed by atoms with van der Waals surface area (Å²) in [5.41, 5.74) is 0.998. The molecule has 1 rings (SSSR count). The van der Waals surface area contributed by atoms with E-state index in [4.69, 9.17) is 0 Å². The predicted octanol–water partition coefficient (Wildman–Crippen LogP) is 2.48. The molecule has 0 heterocycles. The second-order valence-electron chi connectivity index (χ2n) is 2.41. The van der Waals surface area contributed by atoms with Crippen LogP contribution in [0.4, 0.5) is 0 Å². The van der Waals surface area contributed by atoms with Gasteiger partial charge in [-0.2, -0.15) is 0 Å². The van der Waals surface area contributed by atoms with E-state index in [0.717, 1.165) is 9.13 Å². The van der Waals surface area contributed by atoms with Crippen molar-refractivity contribution in [1.82, 2.24) is 0 Å². The van der Waals surface area contributed by atoms with Crippen LogP contribution >= 0.6 is 22.6 Å². The number of hydrogen-bond acceptors (Lipinski definition) is 2. The summed E-state index contributed by atoms with van der Waals surface area (Å²) in [5, 5.41) is 0. The van der Waals surface area contributed by atoms with Gasteiger partial charge in [-0.3, -0.25) is 0 Å². The van der Waals surface area contributed by atoms with E-state index in [9.17, 15) is 4.79 Å². The standard InChI is InChI=1S/C10H9IO2/c1-13-10(12)6-5-8-3-2-4-9(11)7-8/h2-7H,1H3/b6-5+. The third-order valence-electron chi connectivity index (χ3n) is 1.46. The summed E-state index contributed by atoms with van der Waals surface area (Å²) in [5.74, 6) is -0.334. The van der Waals surface area contributed by atoms with Gasteiger partial charge in [-0.25, -0.2) is 4.79 Å². The largest absolute Gasteiger partial charge is 0.466 e. The molecule has 3 heteroatoms. The van der Waals surface area contributed by atoms with E-state index in [1.165, 1.54) is 13.2 Å². The number of carbonyl (C=O) groups excluding carboxylic acids is 1. The maximum Gasteiger partial charge on any atom is 0.330 e. The van der Waals surface area contributed by atoms with Gasteiger partial charge in [0.1, 0.15) is 0 Å². The third-order valence-corrected chi connectivity index (χ3v) is 2.13. The number of benzene rings is 1. The van der Waals surface area contributed by atoms with Crippen molar-refractivity contribution in [2.75, 3.05) is 7.11 Å². The molecule has 0 unspecified atom stereocenters. The highest BCUT2D eigenvalue weighted by molar-refractivity contribution is 14.1. The molecule has 68 valence electrons. The van der Waals surface area contributed by atoms with Gasteiger partial charge in [0.25, 0.3) is 0 Å². The molecule has 0 N–H and O–H groups in total. The molecule has 0 radical (unpaired) electrons. The van der Waals surface area contributed by atoms with E-state index in [-0.39, 0.29) is 5.97 Å². The fourth-order valence-corrected chi connectivity index (χ4v) is 1.41. The highest BCUT2D eigenvalue weighted by Crippen LogP contribution is 2.08. The zero-order valence-electron chi connectivity index (χ0n) is 7.16. The second kappa shape index (κ2) is 5.01. The number of hydrogen-bond donors (Lipinski definition) is 0. The van der Waals surface area contributed by atoms with Gasteiger partial charge in [-0.1, -0.05) is 12.1 Å². The Morgan fingerprint density at radius 3 is 2.92 bits per heavy atom. The minimum atomic E-state index is -0.334. The molecule has 0 bridgehead atoms. The summed E-state index contributed by atoms with van der Waals surface area (Å²) in [6, 6.07) is 7.86. The van der Waals surface area contributed by atoms with Crippen molar-refractivity contribution in [2.24, 2.45) is 0 Å². The Kier molecular flexibility index (Phi) is 3.95. The third kappa shape index (κ3) is 3.59. The smallest absolute Gasteiger partial charge is 0.330 e. The Hall–Kier alpha value is -0.840.